The SMILES string of the molecule is CCOC(=O)[C@@H]1CN(c2nccc(C(C)(F)F)n2)C[C@@H]1Cc1ccc(OCCc2nc(-c3ccccc3)oc2C)cc1. The summed E-state index contributed by atoms with van der Waals surface area (Å²) in [5.74, 6) is -1.63. The average Bonchev–Trinajstić information content (AvgIpc) is 3.58. The van der Waals surface area contributed by atoms with Crippen molar-refractivity contribution in [1.29, 1.82) is 0 Å². The van der Waals surface area contributed by atoms with E-state index in [-0.39, 0.29) is 30.1 Å². The number of carbonyl (C=O) groups is 1. The maximum absolute atomic E-state index is 13.9. The van der Waals surface area contributed by atoms with Gasteiger partial charge in [-0.1, -0.05) is 30.3 Å². The minimum Gasteiger partial charge on any atom is -0.493 e. The van der Waals surface area contributed by atoms with Gasteiger partial charge in [0.1, 0.15) is 17.2 Å². The van der Waals surface area contributed by atoms with Crippen LogP contribution in [0.3, 0.4) is 0 Å². The minimum absolute atomic E-state index is 0.0980. The summed E-state index contributed by atoms with van der Waals surface area (Å²) in [7, 11) is 0. The summed E-state index contributed by atoms with van der Waals surface area (Å²) in [6.07, 6.45) is 2.53. The summed E-state index contributed by atoms with van der Waals surface area (Å²) >= 11 is 0. The quantitative estimate of drug-likeness (QED) is 0.200. The van der Waals surface area contributed by atoms with Gasteiger partial charge < -0.3 is 18.8 Å². The first kappa shape index (κ1) is 29.2. The van der Waals surface area contributed by atoms with Crippen LogP contribution in [0.2, 0.25) is 0 Å². The molecule has 1 aliphatic heterocycles. The molecular formula is C32H34F2N4O4. The molecule has 4 aromatic rings. The molecule has 0 N–H and O–H groups in total. The van der Waals surface area contributed by atoms with E-state index in [0.29, 0.717) is 38.4 Å². The predicted octanol–water partition coefficient (Wildman–Crippen LogP) is 6.03. The Balaban J connectivity index is 1.20. The fourth-order valence-corrected chi connectivity index (χ4v) is 5.16. The van der Waals surface area contributed by atoms with Crippen LogP contribution >= 0.6 is 0 Å². The number of anilines is 1. The van der Waals surface area contributed by atoms with Crippen LogP contribution in [0.4, 0.5) is 14.7 Å². The molecule has 3 heterocycles. The molecule has 0 amide bonds. The lowest BCUT2D eigenvalue weighted by Gasteiger charge is -2.18. The highest BCUT2D eigenvalue weighted by atomic mass is 19.3. The first-order valence-corrected chi connectivity index (χ1v) is 14.1. The van der Waals surface area contributed by atoms with Crippen molar-refractivity contribution in [2.24, 2.45) is 11.8 Å². The molecule has 2 aromatic carbocycles. The fourth-order valence-electron chi connectivity index (χ4n) is 5.16. The van der Waals surface area contributed by atoms with Crippen molar-refractivity contribution < 1.29 is 27.5 Å². The van der Waals surface area contributed by atoms with Gasteiger partial charge in [0, 0.05) is 38.2 Å². The second-order valence-electron chi connectivity index (χ2n) is 10.5. The number of oxazole rings is 1. The lowest BCUT2D eigenvalue weighted by molar-refractivity contribution is -0.148. The molecule has 0 spiro atoms. The molecule has 2 atom stereocenters. The zero-order valence-electron chi connectivity index (χ0n) is 23.9. The van der Waals surface area contributed by atoms with E-state index in [1.165, 1.54) is 12.3 Å². The standard InChI is InChI=1S/C32H34F2N4O4/c1-4-40-30(39)26-20-38(31-35-16-14-28(37-31)32(3,33)34)19-24(26)18-22-10-12-25(13-11-22)41-17-15-27-21(2)42-29(36-27)23-8-6-5-7-9-23/h5-14,16,24,26H,4,15,17-20H2,1-3H3/t24-,26+/m0/s1. The van der Waals surface area contributed by atoms with Crippen LogP contribution in [-0.2, 0) is 28.3 Å². The van der Waals surface area contributed by atoms with Crippen LogP contribution < -0.4 is 9.64 Å². The van der Waals surface area contributed by atoms with Gasteiger partial charge in [-0.15, -0.1) is 0 Å². The molecular weight excluding hydrogens is 542 g/mol. The Hall–Kier alpha value is -4.34. The Morgan fingerprint density at radius 3 is 2.55 bits per heavy atom. The van der Waals surface area contributed by atoms with Gasteiger partial charge in [0.05, 0.1) is 24.8 Å². The van der Waals surface area contributed by atoms with Gasteiger partial charge in [0.25, 0.3) is 5.92 Å². The van der Waals surface area contributed by atoms with E-state index in [4.69, 9.17) is 13.9 Å². The van der Waals surface area contributed by atoms with E-state index in [1.807, 2.05) is 61.5 Å². The van der Waals surface area contributed by atoms with Gasteiger partial charge in [-0.05, 0) is 62.1 Å². The van der Waals surface area contributed by atoms with E-state index in [0.717, 1.165) is 35.3 Å². The van der Waals surface area contributed by atoms with Gasteiger partial charge in [0.15, 0.2) is 0 Å². The number of rotatable bonds is 11. The number of benzene rings is 2. The summed E-state index contributed by atoms with van der Waals surface area (Å²) in [6, 6.07) is 18.7. The molecule has 1 aliphatic rings. The number of halogens is 2. The molecule has 0 bridgehead atoms. The highest BCUT2D eigenvalue weighted by molar-refractivity contribution is 5.74. The molecule has 0 unspecified atom stereocenters. The average molecular weight is 577 g/mol. The van der Waals surface area contributed by atoms with E-state index in [2.05, 4.69) is 15.0 Å². The van der Waals surface area contributed by atoms with Crippen LogP contribution in [0, 0.1) is 18.8 Å². The van der Waals surface area contributed by atoms with Crippen molar-refractivity contribution in [2.75, 3.05) is 31.2 Å². The third-order valence-corrected chi connectivity index (χ3v) is 7.35. The van der Waals surface area contributed by atoms with E-state index in [1.54, 1.807) is 11.8 Å². The smallest absolute Gasteiger partial charge is 0.311 e. The Bertz CT molecular complexity index is 1490. The Labute approximate surface area is 243 Å². The van der Waals surface area contributed by atoms with Crippen LogP contribution in [0.25, 0.3) is 11.5 Å². The topological polar surface area (TPSA) is 90.6 Å². The normalized spacial score (nSPS) is 16.9. The largest absolute Gasteiger partial charge is 0.493 e. The highest BCUT2D eigenvalue weighted by Crippen LogP contribution is 2.32. The number of ether oxygens (including phenoxy) is 2. The molecule has 1 saturated heterocycles. The van der Waals surface area contributed by atoms with Crippen molar-refractivity contribution >= 4 is 11.9 Å². The zero-order chi connectivity index (χ0) is 29.7. The molecule has 2 aromatic heterocycles. The van der Waals surface area contributed by atoms with Crippen LogP contribution in [0.1, 0.15) is 36.6 Å². The van der Waals surface area contributed by atoms with Gasteiger partial charge in [-0.3, -0.25) is 4.79 Å². The molecule has 220 valence electrons. The Morgan fingerprint density at radius 1 is 1.07 bits per heavy atom. The number of nitrogens with zero attached hydrogens (tertiary/aromatic N) is 4. The molecule has 10 heteroatoms. The van der Waals surface area contributed by atoms with Gasteiger partial charge in [-0.25, -0.2) is 15.0 Å². The Morgan fingerprint density at radius 2 is 1.83 bits per heavy atom. The number of esters is 1. The fraction of sp³-hybridized carbons (Fsp3) is 0.375. The minimum atomic E-state index is -3.08. The predicted molar refractivity (Wildman–Crippen MR) is 153 cm³/mol. The highest BCUT2D eigenvalue weighted by Gasteiger charge is 2.40. The molecule has 42 heavy (non-hydrogen) atoms. The lowest BCUT2D eigenvalue weighted by Crippen LogP contribution is -2.27. The summed E-state index contributed by atoms with van der Waals surface area (Å²) in [4.78, 5) is 27.5. The molecule has 0 saturated carbocycles. The van der Waals surface area contributed by atoms with E-state index < -0.39 is 11.8 Å². The number of alkyl halides is 2. The maximum atomic E-state index is 13.9. The number of carbonyl (C=O) groups excluding carboxylic acids is 1. The van der Waals surface area contributed by atoms with Crippen LogP contribution in [0.15, 0.2) is 71.3 Å². The third-order valence-electron chi connectivity index (χ3n) is 7.35. The van der Waals surface area contributed by atoms with Crippen LogP contribution in [0.5, 0.6) is 5.75 Å². The summed E-state index contributed by atoms with van der Waals surface area (Å²) in [6.45, 7) is 5.93. The Kier molecular flexibility index (Phi) is 8.80. The van der Waals surface area contributed by atoms with Crippen molar-refractivity contribution in [2.45, 2.75) is 39.5 Å². The van der Waals surface area contributed by atoms with E-state index in [9.17, 15) is 13.6 Å². The van der Waals surface area contributed by atoms with Crippen molar-refractivity contribution in [3.8, 4) is 17.2 Å². The molecule has 0 radical (unpaired) electrons. The number of hydrogen-bond acceptors (Lipinski definition) is 8. The molecule has 1 fully saturated rings. The number of hydrogen-bond donors (Lipinski definition) is 0. The van der Waals surface area contributed by atoms with E-state index >= 15 is 0 Å². The number of aryl methyl sites for hydroxylation is 1. The summed E-state index contributed by atoms with van der Waals surface area (Å²) < 4.78 is 44.9. The van der Waals surface area contributed by atoms with Gasteiger partial charge >= 0.3 is 5.97 Å². The first-order chi connectivity index (χ1) is 20.2. The number of aromatic nitrogens is 3. The van der Waals surface area contributed by atoms with Crippen molar-refractivity contribution in [1.82, 2.24) is 15.0 Å². The summed E-state index contributed by atoms with van der Waals surface area (Å²) in [5.41, 5.74) is 2.47. The van der Waals surface area contributed by atoms with Gasteiger partial charge in [-0.2, -0.15) is 8.78 Å². The lowest BCUT2D eigenvalue weighted by atomic mass is 9.90. The molecule has 5 rings (SSSR count). The summed E-state index contributed by atoms with van der Waals surface area (Å²) in [5, 5.41) is 0. The van der Waals surface area contributed by atoms with Crippen molar-refractivity contribution in [3.63, 3.8) is 0 Å². The van der Waals surface area contributed by atoms with Gasteiger partial charge in [0.2, 0.25) is 11.8 Å². The zero-order valence-corrected chi connectivity index (χ0v) is 23.9. The second-order valence-corrected chi connectivity index (χ2v) is 10.5. The maximum Gasteiger partial charge on any atom is 0.311 e. The third kappa shape index (κ3) is 6.92. The van der Waals surface area contributed by atoms with Crippen LogP contribution in [-0.4, -0.2) is 47.2 Å². The second kappa shape index (κ2) is 12.7. The van der Waals surface area contributed by atoms with Crippen molar-refractivity contribution in [3.05, 3.63) is 89.6 Å². The first-order valence-electron chi connectivity index (χ1n) is 14.1. The molecule has 0 aliphatic carbocycles. The molecule has 8 nitrogen and oxygen atoms in total. The monoisotopic (exact) mass is 576 g/mol.